The van der Waals surface area contributed by atoms with Gasteiger partial charge in [-0.3, -0.25) is 14.9 Å². The van der Waals surface area contributed by atoms with E-state index in [1.54, 1.807) is 13.0 Å². The lowest BCUT2D eigenvalue weighted by molar-refractivity contribution is -0.384. The Morgan fingerprint density at radius 3 is 2.50 bits per heavy atom. The van der Waals surface area contributed by atoms with Crippen molar-refractivity contribution in [3.63, 3.8) is 0 Å². The average molecular weight is 361 g/mol. The largest absolute Gasteiger partial charge is 0.322 e. The summed E-state index contributed by atoms with van der Waals surface area (Å²) in [5.41, 5.74) is 2.09. The molecule has 0 unspecified atom stereocenters. The summed E-state index contributed by atoms with van der Waals surface area (Å²) in [7, 11) is 0. The highest BCUT2D eigenvalue weighted by molar-refractivity contribution is 9.10. The zero-order valence-corrected chi connectivity index (χ0v) is 13.3. The van der Waals surface area contributed by atoms with Crippen molar-refractivity contribution in [3.05, 3.63) is 74.3 Å². The number of nitro groups is 1. The minimum atomic E-state index is -0.466. The van der Waals surface area contributed by atoms with E-state index in [9.17, 15) is 14.9 Å². The monoisotopic (exact) mass is 360 g/mol. The molecule has 0 saturated carbocycles. The molecule has 0 aliphatic rings. The van der Waals surface area contributed by atoms with Gasteiger partial charge in [-0.15, -0.1) is 0 Å². The summed E-state index contributed by atoms with van der Waals surface area (Å²) in [4.78, 5) is 22.1. The number of halogens is 1. The maximum atomic E-state index is 11.9. The number of carbonyl (C=O) groups is 1. The molecule has 1 amide bonds. The van der Waals surface area contributed by atoms with Gasteiger partial charge >= 0.3 is 0 Å². The molecule has 0 bridgehead atoms. The van der Waals surface area contributed by atoms with Gasteiger partial charge in [-0.25, -0.2) is 0 Å². The minimum absolute atomic E-state index is 0.000837. The lowest BCUT2D eigenvalue weighted by Gasteiger charge is -2.05. The van der Waals surface area contributed by atoms with Crippen LogP contribution in [0.5, 0.6) is 0 Å². The molecule has 2 aromatic carbocycles. The van der Waals surface area contributed by atoms with Crippen molar-refractivity contribution in [1.82, 2.24) is 0 Å². The summed E-state index contributed by atoms with van der Waals surface area (Å²) in [5.74, 6) is -0.292. The summed E-state index contributed by atoms with van der Waals surface area (Å²) in [6.07, 6.45) is 3.12. The highest BCUT2D eigenvalue weighted by Gasteiger charge is 2.08. The number of nitro benzene ring substituents is 1. The standard InChI is InChI=1S/C16H13BrN2O3/c1-11-10-14(19(21)22)7-8-15(11)18-16(20)9-4-12-2-5-13(17)6-3-12/h2-10H,1H3,(H,18,20). The smallest absolute Gasteiger partial charge is 0.269 e. The molecule has 0 heterocycles. The summed E-state index contributed by atoms with van der Waals surface area (Å²) >= 11 is 3.34. The van der Waals surface area contributed by atoms with Crippen LogP contribution in [0.15, 0.2) is 53.0 Å². The van der Waals surface area contributed by atoms with Crippen LogP contribution in [0.3, 0.4) is 0 Å². The first-order valence-electron chi connectivity index (χ1n) is 6.45. The van der Waals surface area contributed by atoms with E-state index in [0.717, 1.165) is 10.0 Å². The fourth-order valence-electron chi connectivity index (χ4n) is 1.82. The molecule has 6 heteroatoms. The predicted octanol–water partition coefficient (Wildman–Crippen LogP) is 4.32. The molecule has 0 atom stereocenters. The molecule has 0 saturated heterocycles. The zero-order chi connectivity index (χ0) is 16.1. The highest BCUT2D eigenvalue weighted by Crippen LogP contribution is 2.21. The fourth-order valence-corrected chi connectivity index (χ4v) is 2.09. The van der Waals surface area contributed by atoms with Gasteiger partial charge in [0.2, 0.25) is 5.91 Å². The van der Waals surface area contributed by atoms with Crippen LogP contribution >= 0.6 is 15.9 Å². The van der Waals surface area contributed by atoms with E-state index in [1.807, 2.05) is 24.3 Å². The molecule has 0 radical (unpaired) electrons. The Kier molecular flexibility index (Phi) is 5.06. The van der Waals surface area contributed by atoms with Gasteiger partial charge in [0.1, 0.15) is 0 Å². The molecule has 2 rings (SSSR count). The number of amides is 1. The normalized spacial score (nSPS) is 10.6. The first-order chi connectivity index (χ1) is 10.5. The van der Waals surface area contributed by atoms with E-state index in [-0.39, 0.29) is 11.6 Å². The zero-order valence-electron chi connectivity index (χ0n) is 11.7. The molecule has 0 aromatic heterocycles. The second-order valence-corrected chi connectivity index (χ2v) is 5.55. The molecule has 0 aliphatic heterocycles. The summed E-state index contributed by atoms with van der Waals surface area (Å²) in [6, 6.07) is 11.8. The minimum Gasteiger partial charge on any atom is -0.322 e. The summed E-state index contributed by atoms with van der Waals surface area (Å²) in [5, 5.41) is 13.4. The number of hydrogen-bond donors (Lipinski definition) is 1. The van der Waals surface area contributed by atoms with Crippen LogP contribution in [0.4, 0.5) is 11.4 Å². The maximum Gasteiger partial charge on any atom is 0.269 e. The Labute approximate surface area is 135 Å². The molecule has 112 valence electrons. The van der Waals surface area contributed by atoms with Crippen molar-refractivity contribution in [1.29, 1.82) is 0 Å². The van der Waals surface area contributed by atoms with Gasteiger partial charge < -0.3 is 5.32 Å². The van der Waals surface area contributed by atoms with E-state index < -0.39 is 4.92 Å². The number of anilines is 1. The third-order valence-electron chi connectivity index (χ3n) is 2.98. The van der Waals surface area contributed by atoms with E-state index in [4.69, 9.17) is 0 Å². The Morgan fingerprint density at radius 1 is 1.23 bits per heavy atom. The molecule has 22 heavy (non-hydrogen) atoms. The SMILES string of the molecule is Cc1cc([N+](=O)[O-])ccc1NC(=O)C=Cc1ccc(Br)cc1. The number of non-ortho nitro benzene ring substituents is 1. The van der Waals surface area contributed by atoms with Crippen LogP contribution in [-0.2, 0) is 4.79 Å². The van der Waals surface area contributed by atoms with Gasteiger partial charge in [0, 0.05) is 28.4 Å². The Bertz CT molecular complexity index is 740. The molecular weight excluding hydrogens is 348 g/mol. The second kappa shape index (κ2) is 7.00. The van der Waals surface area contributed by atoms with E-state index in [1.165, 1.54) is 24.3 Å². The van der Waals surface area contributed by atoms with Crippen molar-refractivity contribution in [2.75, 3.05) is 5.32 Å². The van der Waals surface area contributed by atoms with Gasteiger partial charge in [0.25, 0.3) is 5.69 Å². The van der Waals surface area contributed by atoms with Crippen LogP contribution in [-0.4, -0.2) is 10.8 Å². The number of nitrogens with zero attached hydrogens (tertiary/aromatic N) is 1. The Hall–Kier alpha value is -2.47. The van der Waals surface area contributed by atoms with Crippen molar-refractivity contribution >= 4 is 39.3 Å². The van der Waals surface area contributed by atoms with Gasteiger partial charge in [0.15, 0.2) is 0 Å². The molecule has 5 nitrogen and oxygen atoms in total. The first kappa shape index (κ1) is 15.9. The average Bonchev–Trinajstić information content (AvgIpc) is 2.48. The lowest BCUT2D eigenvalue weighted by atomic mass is 10.1. The van der Waals surface area contributed by atoms with Crippen LogP contribution in [0, 0.1) is 17.0 Å². The Morgan fingerprint density at radius 2 is 1.91 bits per heavy atom. The maximum absolute atomic E-state index is 11.9. The number of rotatable bonds is 4. The van der Waals surface area contributed by atoms with Gasteiger partial charge in [-0.1, -0.05) is 28.1 Å². The Balaban J connectivity index is 2.05. The van der Waals surface area contributed by atoms with Crippen molar-refractivity contribution in [2.45, 2.75) is 6.92 Å². The molecule has 0 aliphatic carbocycles. The van der Waals surface area contributed by atoms with E-state index >= 15 is 0 Å². The van der Waals surface area contributed by atoms with Crippen molar-refractivity contribution in [2.24, 2.45) is 0 Å². The van der Waals surface area contributed by atoms with Gasteiger partial charge in [-0.05, 0) is 42.3 Å². The van der Waals surface area contributed by atoms with Crippen LogP contribution in [0.25, 0.3) is 6.08 Å². The number of carbonyl (C=O) groups excluding carboxylic acids is 1. The number of nitrogens with one attached hydrogen (secondary N) is 1. The quantitative estimate of drug-likeness (QED) is 0.501. The number of benzene rings is 2. The predicted molar refractivity (Wildman–Crippen MR) is 89.6 cm³/mol. The third-order valence-corrected chi connectivity index (χ3v) is 3.50. The van der Waals surface area contributed by atoms with Crippen LogP contribution < -0.4 is 5.32 Å². The highest BCUT2D eigenvalue weighted by atomic mass is 79.9. The molecule has 0 spiro atoms. The van der Waals surface area contributed by atoms with Crippen LogP contribution in [0.2, 0.25) is 0 Å². The lowest BCUT2D eigenvalue weighted by Crippen LogP contribution is -2.09. The topological polar surface area (TPSA) is 72.2 Å². The fraction of sp³-hybridized carbons (Fsp3) is 0.0625. The number of hydrogen-bond acceptors (Lipinski definition) is 3. The second-order valence-electron chi connectivity index (χ2n) is 4.63. The molecule has 2 aromatic rings. The molecular formula is C16H13BrN2O3. The summed E-state index contributed by atoms with van der Waals surface area (Å²) in [6.45, 7) is 1.71. The van der Waals surface area contributed by atoms with Crippen molar-refractivity contribution < 1.29 is 9.72 Å². The molecule has 1 N–H and O–H groups in total. The van der Waals surface area contributed by atoms with Gasteiger partial charge in [0.05, 0.1) is 4.92 Å². The van der Waals surface area contributed by atoms with E-state index in [0.29, 0.717) is 11.3 Å². The summed E-state index contributed by atoms with van der Waals surface area (Å²) < 4.78 is 0.968. The van der Waals surface area contributed by atoms with Crippen molar-refractivity contribution in [3.8, 4) is 0 Å². The third kappa shape index (κ3) is 4.26. The number of aryl methyl sites for hydroxylation is 1. The van der Waals surface area contributed by atoms with Crippen LogP contribution in [0.1, 0.15) is 11.1 Å². The first-order valence-corrected chi connectivity index (χ1v) is 7.24. The molecule has 0 fully saturated rings. The van der Waals surface area contributed by atoms with Gasteiger partial charge in [-0.2, -0.15) is 0 Å². The van der Waals surface area contributed by atoms with E-state index in [2.05, 4.69) is 21.2 Å².